The zero-order valence-corrected chi connectivity index (χ0v) is 17.1. The summed E-state index contributed by atoms with van der Waals surface area (Å²) in [5, 5.41) is 13.0. The molecule has 132 valence electrons. The van der Waals surface area contributed by atoms with Gasteiger partial charge in [-0.2, -0.15) is 0 Å². The predicted molar refractivity (Wildman–Crippen MR) is 107 cm³/mol. The molecule has 1 unspecified atom stereocenters. The topological polar surface area (TPSA) is 66.4 Å². The van der Waals surface area contributed by atoms with Gasteiger partial charge in [0.1, 0.15) is 5.75 Å². The maximum absolute atomic E-state index is 12.9. The summed E-state index contributed by atoms with van der Waals surface area (Å²) in [6, 6.07) is 6.61. The summed E-state index contributed by atoms with van der Waals surface area (Å²) >= 11 is 6.57. The van der Waals surface area contributed by atoms with E-state index >= 15 is 0 Å². The lowest BCUT2D eigenvalue weighted by molar-refractivity contribution is -0.117. The van der Waals surface area contributed by atoms with E-state index in [4.69, 9.17) is 0 Å². The van der Waals surface area contributed by atoms with Crippen LogP contribution < -0.4 is 5.32 Å². The molecule has 1 aromatic rings. The lowest BCUT2D eigenvalue weighted by Crippen LogP contribution is -2.25. The minimum atomic E-state index is -0.298. The van der Waals surface area contributed by atoms with E-state index in [0.29, 0.717) is 22.4 Å². The van der Waals surface area contributed by atoms with Gasteiger partial charge in [-0.3, -0.25) is 9.59 Å². The van der Waals surface area contributed by atoms with Gasteiger partial charge in [0.2, 0.25) is 5.91 Å². The number of Topliss-reactive ketones (excluding diaryl/α,β-unsaturated/α-hetero) is 1. The molecule has 0 radical (unpaired) electrons. The average molecular weight is 469 g/mol. The molecule has 1 aliphatic rings. The second kappa shape index (κ2) is 8.63. The van der Waals surface area contributed by atoms with E-state index in [0.717, 1.165) is 10.9 Å². The molecule has 0 aliphatic heterocycles. The summed E-state index contributed by atoms with van der Waals surface area (Å²) in [6.45, 7) is 3.69. The van der Waals surface area contributed by atoms with Gasteiger partial charge < -0.3 is 10.4 Å². The Labute approximate surface area is 164 Å². The van der Waals surface area contributed by atoms with Gasteiger partial charge in [0.25, 0.3) is 0 Å². The zero-order chi connectivity index (χ0) is 18.6. The van der Waals surface area contributed by atoms with Gasteiger partial charge in [-0.1, -0.05) is 57.0 Å². The van der Waals surface area contributed by atoms with Crippen LogP contribution in [0.25, 0.3) is 5.70 Å². The van der Waals surface area contributed by atoms with Crippen molar-refractivity contribution >= 4 is 49.2 Å². The number of amides is 1. The standard InChI is InChI=1S/C19H19Br2NO3/c1-11-7-13(9-14(21)8-11)19(25)12(2)18(22-17(24)10-20)15-5-3-4-6-16(15)23/h3-7,9,11,23H,8,10H2,1-2H3,(H,22,24)/b18-12-. The van der Waals surface area contributed by atoms with Crippen molar-refractivity contribution in [3.05, 3.63) is 57.6 Å². The van der Waals surface area contributed by atoms with Crippen LogP contribution in [0.4, 0.5) is 0 Å². The summed E-state index contributed by atoms with van der Waals surface area (Å²) in [7, 11) is 0. The first-order valence-electron chi connectivity index (χ1n) is 7.81. The molecule has 0 spiro atoms. The molecule has 1 amide bonds. The average Bonchev–Trinajstić information content (AvgIpc) is 2.58. The molecule has 1 atom stereocenters. The lowest BCUT2D eigenvalue weighted by atomic mass is 9.91. The Kier molecular flexibility index (Phi) is 6.79. The van der Waals surface area contributed by atoms with Crippen LogP contribution in [-0.2, 0) is 9.59 Å². The summed E-state index contributed by atoms with van der Waals surface area (Å²) < 4.78 is 0.965. The number of hydrogen-bond donors (Lipinski definition) is 2. The molecule has 0 heterocycles. The predicted octanol–water partition coefficient (Wildman–Crippen LogP) is 4.45. The molecule has 0 fully saturated rings. The van der Waals surface area contributed by atoms with Crippen LogP contribution in [0.2, 0.25) is 0 Å². The number of allylic oxidation sites excluding steroid dienone is 5. The highest BCUT2D eigenvalue weighted by Gasteiger charge is 2.21. The highest BCUT2D eigenvalue weighted by atomic mass is 79.9. The van der Waals surface area contributed by atoms with Gasteiger partial charge in [0.15, 0.2) is 5.78 Å². The fraction of sp³-hybridized carbons (Fsp3) is 0.263. The van der Waals surface area contributed by atoms with Crippen molar-refractivity contribution in [2.45, 2.75) is 20.3 Å². The second-order valence-corrected chi connectivity index (χ2v) is 7.50. The summed E-state index contributed by atoms with van der Waals surface area (Å²) in [4.78, 5) is 24.8. The maximum Gasteiger partial charge on any atom is 0.235 e. The van der Waals surface area contributed by atoms with Crippen molar-refractivity contribution in [3.8, 4) is 5.75 Å². The Morgan fingerprint density at radius 2 is 2.00 bits per heavy atom. The number of phenolic OH excluding ortho intramolecular Hbond substituents is 1. The molecule has 6 heteroatoms. The molecule has 4 nitrogen and oxygen atoms in total. The quantitative estimate of drug-likeness (QED) is 0.495. The maximum atomic E-state index is 12.9. The monoisotopic (exact) mass is 467 g/mol. The molecule has 0 aromatic heterocycles. The van der Waals surface area contributed by atoms with E-state index in [1.165, 1.54) is 6.07 Å². The van der Waals surface area contributed by atoms with Gasteiger partial charge in [-0.05, 0) is 42.0 Å². The van der Waals surface area contributed by atoms with Crippen molar-refractivity contribution in [3.63, 3.8) is 0 Å². The first kappa shape index (κ1) is 19.7. The van der Waals surface area contributed by atoms with Crippen molar-refractivity contribution in [2.24, 2.45) is 5.92 Å². The smallest absolute Gasteiger partial charge is 0.235 e. The van der Waals surface area contributed by atoms with E-state index in [2.05, 4.69) is 37.2 Å². The van der Waals surface area contributed by atoms with E-state index in [1.54, 1.807) is 31.2 Å². The molecule has 0 saturated heterocycles. The molecule has 2 rings (SSSR count). The zero-order valence-electron chi connectivity index (χ0n) is 14.0. The van der Waals surface area contributed by atoms with E-state index in [1.807, 2.05) is 13.0 Å². The number of hydrogen-bond acceptors (Lipinski definition) is 3. The Bertz CT molecular complexity index is 794. The number of carbonyl (C=O) groups excluding carboxylic acids is 2. The van der Waals surface area contributed by atoms with E-state index in [9.17, 15) is 14.7 Å². The van der Waals surface area contributed by atoms with Crippen LogP contribution in [-0.4, -0.2) is 22.1 Å². The number of carbonyl (C=O) groups is 2. The minimum Gasteiger partial charge on any atom is -0.507 e. The highest BCUT2D eigenvalue weighted by Crippen LogP contribution is 2.31. The number of ketones is 1. The first-order valence-corrected chi connectivity index (χ1v) is 9.72. The number of nitrogens with one attached hydrogen (secondary N) is 1. The summed E-state index contributed by atoms with van der Waals surface area (Å²) in [5.41, 5.74) is 1.67. The lowest BCUT2D eigenvalue weighted by Gasteiger charge is -2.18. The van der Waals surface area contributed by atoms with Gasteiger partial charge >= 0.3 is 0 Å². The molecule has 0 saturated carbocycles. The number of phenols is 1. The molecule has 1 aliphatic carbocycles. The van der Waals surface area contributed by atoms with Gasteiger partial charge in [0, 0.05) is 16.7 Å². The Balaban J connectivity index is 2.52. The summed E-state index contributed by atoms with van der Waals surface area (Å²) in [5.74, 6) is -0.233. The molecule has 1 aromatic carbocycles. The van der Waals surface area contributed by atoms with Crippen molar-refractivity contribution in [1.29, 1.82) is 0 Å². The number of halogens is 2. The normalized spacial score (nSPS) is 18.0. The third-order valence-corrected chi connectivity index (χ3v) is 4.89. The molecular formula is C19H19Br2NO3. The fourth-order valence-corrected chi connectivity index (χ4v) is 3.54. The first-order chi connectivity index (χ1) is 11.8. The fourth-order valence-electron chi connectivity index (χ4n) is 2.64. The van der Waals surface area contributed by atoms with E-state index < -0.39 is 0 Å². The van der Waals surface area contributed by atoms with Crippen molar-refractivity contribution in [1.82, 2.24) is 5.32 Å². The van der Waals surface area contributed by atoms with Gasteiger partial charge in [-0.25, -0.2) is 0 Å². The number of para-hydroxylation sites is 1. The molecule has 2 N–H and O–H groups in total. The third-order valence-electron chi connectivity index (χ3n) is 3.83. The van der Waals surface area contributed by atoms with Crippen LogP contribution in [0, 0.1) is 5.92 Å². The Morgan fingerprint density at radius 1 is 1.32 bits per heavy atom. The van der Waals surface area contributed by atoms with Crippen LogP contribution in [0.5, 0.6) is 5.75 Å². The second-order valence-electron chi connectivity index (χ2n) is 5.92. The van der Waals surface area contributed by atoms with Crippen molar-refractivity contribution in [2.75, 3.05) is 5.33 Å². The molecule has 0 bridgehead atoms. The number of alkyl halides is 1. The number of rotatable bonds is 5. The van der Waals surface area contributed by atoms with Crippen LogP contribution >= 0.6 is 31.9 Å². The van der Waals surface area contributed by atoms with Crippen LogP contribution in [0.3, 0.4) is 0 Å². The number of aromatic hydroxyl groups is 1. The largest absolute Gasteiger partial charge is 0.507 e. The Morgan fingerprint density at radius 3 is 2.60 bits per heavy atom. The highest BCUT2D eigenvalue weighted by molar-refractivity contribution is 9.11. The van der Waals surface area contributed by atoms with E-state index in [-0.39, 0.29) is 28.7 Å². The summed E-state index contributed by atoms with van der Waals surface area (Å²) in [6.07, 6.45) is 4.58. The molecular weight excluding hydrogens is 450 g/mol. The Hall–Kier alpha value is -1.66. The van der Waals surface area contributed by atoms with Crippen LogP contribution in [0.15, 0.2) is 52.0 Å². The third kappa shape index (κ3) is 4.92. The van der Waals surface area contributed by atoms with Gasteiger partial charge in [-0.15, -0.1) is 0 Å². The van der Waals surface area contributed by atoms with Crippen molar-refractivity contribution < 1.29 is 14.7 Å². The van der Waals surface area contributed by atoms with Crippen LogP contribution in [0.1, 0.15) is 25.8 Å². The SMILES string of the molecule is C/C(C(=O)C1=CC(C)CC(Br)=C1)=C(/NC(=O)CBr)c1ccccc1O. The van der Waals surface area contributed by atoms with Gasteiger partial charge in [0.05, 0.1) is 11.0 Å². The number of benzene rings is 1. The minimum absolute atomic E-state index is 0.00207. The molecule has 25 heavy (non-hydrogen) atoms.